The van der Waals surface area contributed by atoms with Gasteiger partial charge in [0.15, 0.2) is 0 Å². The van der Waals surface area contributed by atoms with Gasteiger partial charge < -0.3 is 5.11 Å². The maximum absolute atomic E-state index is 11.5. The van der Waals surface area contributed by atoms with Gasteiger partial charge in [0.05, 0.1) is 5.56 Å². The molecule has 31 heavy (non-hydrogen) atoms. The molecule has 4 rings (SSSR count). The first-order valence-electron chi connectivity index (χ1n) is 10.9. The van der Waals surface area contributed by atoms with Crippen molar-refractivity contribution in [1.82, 2.24) is 9.88 Å². The number of hydrogen-bond acceptors (Lipinski definition) is 3. The van der Waals surface area contributed by atoms with Crippen molar-refractivity contribution >= 4 is 5.97 Å². The van der Waals surface area contributed by atoms with Gasteiger partial charge in [-0.15, -0.1) is 0 Å². The second-order valence-electron chi connectivity index (χ2n) is 8.95. The van der Waals surface area contributed by atoms with E-state index >= 15 is 0 Å². The van der Waals surface area contributed by atoms with Crippen molar-refractivity contribution in [3.63, 3.8) is 0 Å². The molecule has 4 nitrogen and oxygen atoms in total. The predicted octanol–water partition coefficient (Wildman–Crippen LogP) is 6.00. The molecule has 1 atom stereocenters. The van der Waals surface area contributed by atoms with Crippen LogP contribution in [-0.4, -0.2) is 28.0 Å². The summed E-state index contributed by atoms with van der Waals surface area (Å²) in [4.78, 5) is 18.0. The van der Waals surface area contributed by atoms with Crippen LogP contribution in [0.2, 0.25) is 0 Å². The number of carboxylic acid groups (broad SMARTS) is 1. The number of fused-ring (bicyclic) bond motifs is 1. The highest BCUT2D eigenvalue weighted by Gasteiger charge is 2.28. The number of pyridine rings is 1. The van der Waals surface area contributed by atoms with Gasteiger partial charge in [-0.2, -0.15) is 0 Å². The van der Waals surface area contributed by atoms with Crippen molar-refractivity contribution in [3.8, 4) is 11.1 Å². The Labute approximate surface area is 184 Å². The second kappa shape index (κ2) is 8.64. The van der Waals surface area contributed by atoms with E-state index in [1.807, 2.05) is 0 Å². The molecule has 2 heterocycles. The predicted molar refractivity (Wildman–Crippen MR) is 124 cm³/mol. The zero-order chi connectivity index (χ0) is 22.1. The van der Waals surface area contributed by atoms with E-state index in [0.717, 1.165) is 18.5 Å². The maximum atomic E-state index is 11.5. The van der Waals surface area contributed by atoms with Gasteiger partial charge >= 0.3 is 5.97 Å². The van der Waals surface area contributed by atoms with E-state index in [0.29, 0.717) is 17.9 Å². The Morgan fingerprint density at radius 2 is 2.00 bits per heavy atom. The first-order chi connectivity index (χ1) is 14.8. The lowest BCUT2D eigenvalue weighted by molar-refractivity contribution is 0.0695. The largest absolute Gasteiger partial charge is 0.478 e. The Hall–Kier alpha value is -2.98. The van der Waals surface area contributed by atoms with Crippen LogP contribution in [0.15, 0.2) is 54.9 Å². The lowest BCUT2D eigenvalue weighted by atomic mass is 9.91. The summed E-state index contributed by atoms with van der Waals surface area (Å²) in [5.41, 5.74) is 9.11. The van der Waals surface area contributed by atoms with Crippen LogP contribution >= 0.6 is 0 Å². The number of carboxylic acids is 1. The summed E-state index contributed by atoms with van der Waals surface area (Å²) in [5, 5.41) is 9.44. The van der Waals surface area contributed by atoms with E-state index in [1.165, 1.54) is 33.4 Å². The summed E-state index contributed by atoms with van der Waals surface area (Å²) in [6, 6.07) is 15.5. The summed E-state index contributed by atoms with van der Waals surface area (Å²) in [5.74, 6) is -0.357. The second-order valence-corrected chi connectivity index (χ2v) is 8.95. The highest BCUT2D eigenvalue weighted by Crippen LogP contribution is 2.38. The highest BCUT2D eigenvalue weighted by molar-refractivity contribution is 5.89. The fourth-order valence-electron chi connectivity index (χ4n) is 4.72. The Morgan fingerprint density at radius 1 is 1.19 bits per heavy atom. The molecule has 1 aromatic heterocycles. The third kappa shape index (κ3) is 4.26. The van der Waals surface area contributed by atoms with Crippen LogP contribution in [0.5, 0.6) is 0 Å². The molecule has 2 aromatic carbocycles. The van der Waals surface area contributed by atoms with Crippen LogP contribution in [0.25, 0.3) is 11.1 Å². The smallest absolute Gasteiger partial charge is 0.336 e. The molecule has 0 fully saturated rings. The van der Waals surface area contributed by atoms with Crippen molar-refractivity contribution in [2.24, 2.45) is 0 Å². The van der Waals surface area contributed by atoms with Gasteiger partial charge in [0, 0.05) is 25.0 Å². The summed E-state index contributed by atoms with van der Waals surface area (Å²) in [6.07, 6.45) is 4.80. The van der Waals surface area contributed by atoms with Crippen molar-refractivity contribution in [1.29, 1.82) is 0 Å². The van der Waals surface area contributed by atoms with E-state index in [-0.39, 0.29) is 6.04 Å². The van der Waals surface area contributed by atoms with Gasteiger partial charge in [-0.1, -0.05) is 44.2 Å². The third-order valence-electron chi connectivity index (χ3n) is 6.50. The van der Waals surface area contributed by atoms with Gasteiger partial charge in [-0.25, -0.2) is 4.79 Å². The van der Waals surface area contributed by atoms with Crippen LogP contribution in [0, 0.1) is 6.92 Å². The quantitative estimate of drug-likeness (QED) is 0.538. The average Bonchev–Trinajstić information content (AvgIpc) is 3.06. The van der Waals surface area contributed by atoms with Crippen LogP contribution in [-0.2, 0) is 13.0 Å². The molecule has 3 aromatic rings. The van der Waals surface area contributed by atoms with Crippen molar-refractivity contribution in [3.05, 3.63) is 88.2 Å². The zero-order valence-corrected chi connectivity index (χ0v) is 18.7. The number of hydrogen-bond donors (Lipinski definition) is 1. The number of benzene rings is 2. The number of rotatable bonds is 6. The summed E-state index contributed by atoms with van der Waals surface area (Å²) in [7, 11) is 2.15. The highest BCUT2D eigenvalue weighted by atomic mass is 16.4. The third-order valence-corrected chi connectivity index (χ3v) is 6.50. The van der Waals surface area contributed by atoms with E-state index < -0.39 is 5.97 Å². The molecular weight excluding hydrogens is 384 g/mol. The molecule has 0 spiro atoms. The zero-order valence-electron chi connectivity index (χ0n) is 18.7. The van der Waals surface area contributed by atoms with Crippen molar-refractivity contribution in [2.75, 3.05) is 7.05 Å². The molecule has 0 amide bonds. The van der Waals surface area contributed by atoms with Crippen molar-refractivity contribution in [2.45, 2.75) is 52.1 Å². The van der Waals surface area contributed by atoms with Gasteiger partial charge in [0.2, 0.25) is 0 Å². The molecule has 0 bridgehead atoms. The monoisotopic (exact) mass is 414 g/mol. The molecule has 0 saturated heterocycles. The van der Waals surface area contributed by atoms with Crippen LogP contribution in [0.1, 0.15) is 70.4 Å². The number of aryl methyl sites for hydroxylation is 2. The summed E-state index contributed by atoms with van der Waals surface area (Å²) in [6.45, 7) is 7.56. The molecule has 1 aliphatic rings. The maximum Gasteiger partial charge on any atom is 0.336 e. The fourth-order valence-corrected chi connectivity index (χ4v) is 4.72. The lowest BCUT2D eigenvalue weighted by Gasteiger charge is -2.20. The number of carbonyl (C=O) groups is 1. The topological polar surface area (TPSA) is 53.4 Å². The van der Waals surface area contributed by atoms with Crippen molar-refractivity contribution < 1.29 is 9.90 Å². The van der Waals surface area contributed by atoms with Gasteiger partial charge in [-0.3, -0.25) is 9.88 Å². The summed E-state index contributed by atoms with van der Waals surface area (Å²) >= 11 is 0. The first-order valence-corrected chi connectivity index (χ1v) is 10.9. The molecular formula is C27H30N2O2. The first kappa shape index (κ1) is 21.3. The fraction of sp³-hybridized carbons (Fsp3) is 0.333. The number of aromatic carboxylic acids is 1. The van der Waals surface area contributed by atoms with Gasteiger partial charge in [0.1, 0.15) is 0 Å². The molecule has 0 aliphatic carbocycles. The minimum absolute atomic E-state index is 0.287. The molecule has 0 radical (unpaired) electrons. The Bertz CT molecular complexity index is 1120. The van der Waals surface area contributed by atoms with Gasteiger partial charge in [0.25, 0.3) is 0 Å². The van der Waals surface area contributed by atoms with E-state index in [4.69, 9.17) is 0 Å². The molecule has 160 valence electrons. The van der Waals surface area contributed by atoms with E-state index in [1.54, 1.807) is 18.5 Å². The van der Waals surface area contributed by atoms with Crippen LogP contribution in [0.4, 0.5) is 0 Å². The Kier molecular flexibility index (Phi) is 5.92. The Morgan fingerprint density at radius 3 is 2.71 bits per heavy atom. The van der Waals surface area contributed by atoms with E-state index in [9.17, 15) is 9.90 Å². The standard InChI is InChI=1S/C27H30N2O2/c1-17(2)19-5-8-23(18(3)13-19)20-6-9-24-22(14-20)16-29(4)26(24)10-7-21-15-28-12-11-25(21)27(30)31/h5-6,8-9,11-15,17,26H,7,10,16H2,1-4H3,(H,30,31)/t26-/m0/s1. The molecule has 0 saturated carbocycles. The normalized spacial score (nSPS) is 16.0. The minimum atomic E-state index is -0.888. The van der Waals surface area contributed by atoms with Crippen LogP contribution in [0.3, 0.4) is 0 Å². The minimum Gasteiger partial charge on any atom is -0.478 e. The lowest BCUT2D eigenvalue weighted by Crippen LogP contribution is -2.17. The number of nitrogens with zero attached hydrogens (tertiary/aromatic N) is 2. The SMILES string of the molecule is Cc1cc(C(C)C)ccc1-c1ccc2c(c1)CN(C)[C@H]2CCc1cnccc1C(=O)O. The Balaban J connectivity index is 1.57. The van der Waals surface area contributed by atoms with Gasteiger partial charge in [-0.05, 0) is 83.8 Å². The molecule has 1 aliphatic heterocycles. The van der Waals surface area contributed by atoms with Crippen LogP contribution < -0.4 is 0 Å². The average molecular weight is 415 g/mol. The molecule has 0 unspecified atom stereocenters. The van der Waals surface area contributed by atoms with E-state index in [2.05, 4.69) is 74.1 Å². The summed E-state index contributed by atoms with van der Waals surface area (Å²) < 4.78 is 0. The number of aromatic nitrogens is 1. The molecule has 1 N–H and O–H groups in total. The molecule has 4 heteroatoms.